The molecule has 1 aromatic carbocycles. The van der Waals surface area contributed by atoms with E-state index in [0.717, 1.165) is 35.7 Å². The van der Waals surface area contributed by atoms with Crippen LogP contribution >= 0.6 is 0 Å². The normalized spacial score (nSPS) is 13.6. The summed E-state index contributed by atoms with van der Waals surface area (Å²) in [5.74, 6) is 0. The van der Waals surface area contributed by atoms with E-state index in [-0.39, 0.29) is 0 Å². The predicted molar refractivity (Wildman–Crippen MR) is 96.0 cm³/mol. The summed E-state index contributed by atoms with van der Waals surface area (Å²) in [5.41, 5.74) is 7.71. The first-order valence-corrected chi connectivity index (χ1v) is 7.54. The highest BCUT2D eigenvalue weighted by molar-refractivity contribution is 5.86. The Morgan fingerprint density at radius 3 is 2.91 bits per heavy atom. The van der Waals surface area contributed by atoms with Gasteiger partial charge in [-0.15, -0.1) is 0 Å². The lowest BCUT2D eigenvalue weighted by molar-refractivity contribution is 1.000. The van der Waals surface area contributed by atoms with Crippen LogP contribution in [0.1, 0.15) is 29.4 Å². The second kappa shape index (κ2) is 5.68. The predicted octanol–water partition coefficient (Wildman–Crippen LogP) is 4.72. The third-order valence-electron chi connectivity index (χ3n) is 4.05. The van der Waals surface area contributed by atoms with Crippen molar-refractivity contribution in [3.05, 3.63) is 59.9 Å². The number of hydrogen-bond donors (Lipinski definition) is 1. The summed E-state index contributed by atoms with van der Waals surface area (Å²) in [7, 11) is 0. The Labute approximate surface area is 131 Å². The van der Waals surface area contributed by atoms with E-state index < -0.39 is 0 Å². The first-order chi connectivity index (χ1) is 10.6. The second-order valence-electron chi connectivity index (χ2n) is 5.56. The van der Waals surface area contributed by atoms with Crippen molar-refractivity contribution in [2.24, 2.45) is 4.99 Å². The van der Waals surface area contributed by atoms with Crippen LogP contribution in [0.25, 0.3) is 11.8 Å². The average molecular weight is 291 g/mol. The first-order valence-electron chi connectivity index (χ1n) is 7.54. The van der Waals surface area contributed by atoms with Crippen LogP contribution in [0.4, 0.5) is 11.4 Å². The molecule has 0 unspecified atom stereocenters. The van der Waals surface area contributed by atoms with Crippen molar-refractivity contribution >= 4 is 29.4 Å². The van der Waals surface area contributed by atoms with Crippen LogP contribution in [0, 0.1) is 6.92 Å². The molecule has 2 heterocycles. The Morgan fingerprint density at radius 2 is 2.18 bits per heavy atom. The minimum absolute atomic E-state index is 0.906. The molecule has 0 spiro atoms. The number of aromatic nitrogens is 1. The summed E-state index contributed by atoms with van der Waals surface area (Å²) in [6, 6.07) is 8.60. The fourth-order valence-electron chi connectivity index (χ4n) is 2.98. The second-order valence-corrected chi connectivity index (χ2v) is 5.56. The number of aryl methyl sites for hydroxylation is 1. The number of hydrogen-bond acceptors (Lipinski definition) is 2. The van der Waals surface area contributed by atoms with Crippen molar-refractivity contribution in [3.63, 3.8) is 0 Å². The molecule has 0 fully saturated rings. The molecule has 0 saturated carbocycles. The number of aliphatic imine (C=N–C) groups is 1. The zero-order valence-electron chi connectivity index (χ0n) is 13.2. The molecule has 1 aliphatic heterocycles. The Hall–Kier alpha value is -2.55. The maximum Gasteiger partial charge on any atom is 0.0902 e. The van der Waals surface area contributed by atoms with Gasteiger partial charge in [0.2, 0.25) is 0 Å². The smallest absolute Gasteiger partial charge is 0.0902 e. The van der Waals surface area contributed by atoms with E-state index in [4.69, 9.17) is 0 Å². The zero-order chi connectivity index (χ0) is 15.7. The Balaban J connectivity index is 2.00. The van der Waals surface area contributed by atoms with Crippen LogP contribution in [-0.2, 0) is 6.42 Å². The quantitative estimate of drug-likeness (QED) is 0.812. The number of fused-ring (bicyclic) bond motifs is 1. The monoisotopic (exact) mass is 291 g/mol. The Morgan fingerprint density at radius 1 is 1.36 bits per heavy atom. The topological polar surface area (TPSA) is 31.4 Å². The molecule has 0 bridgehead atoms. The molecule has 112 valence electrons. The largest absolute Gasteiger partial charge is 0.352 e. The van der Waals surface area contributed by atoms with Crippen LogP contribution in [0.15, 0.2) is 42.4 Å². The lowest BCUT2D eigenvalue weighted by atomic mass is 10.1. The van der Waals surface area contributed by atoms with Gasteiger partial charge < -0.3 is 9.88 Å². The summed E-state index contributed by atoms with van der Waals surface area (Å²) >= 11 is 0. The van der Waals surface area contributed by atoms with Crippen LogP contribution < -0.4 is 4.90 Å². The minimum atomic E-state index is 0.906. The van der Waals surface area contributed by atoms with Crippen molar-refractivity contribution in [1.82, 2.24) is 4.98 Å². The van der Waals surface area contributed by atoms with Gasteiger partial charge in [-0.05, 0) is 44.0 Å². The number of aromatic amines is 1. The van der Waals surface area contributed by atoms with E-state index in [9.17, 15) is 0 Å². The van der Waals surface area contributed by atoms with Gasteiger partial charge in [-0.25, -0.2) is 0 Å². The molecule has 1 aliphatic rings. The van der Waals surface area contributed by atoms with Gasteiger partial charge in [-0.2, -0.15) is 0 Å². The standard InChI is InChI=1S/C19H21N3/c1-5-16-12-17(20-6-2)19(21-16)14(4)22-10-9-15-11-13(3)7-8-18(15)22/h5-8,11-12,21H,1,4,9-10H2,2-3H3/b20-6-. The summed E-state index contributed by atoms with van der Waals surface area (Å²) < 4.78 is 0. The SMILES string of the molecule is C=Cc1cc(/N=C\C)c(C(=C)N2CCc3cc(C)ccc32)[nH]1. The van der Waals surface area contributed by atoms with Gasteiger partial charge in [0.05, 0.1) is 17.1 Å². The maximum absolute atomic E-state index is 4.45. The number of anilines is 1. The third-order valence-corrected chi connectivity index (χ3v) is 4.05. The molecular weight excluding hydrogens is 270 g/mol. The van der Waals surface area contributed by atoms with E-state index in [1.807, 2.05) is 13.0 Å². The van der Waals surface area contributed by atoms with Gasteiger partial charge in [0.15, 0.2) is 0 Å². The summed E-state index contributed by atoms with van der Waals surface area (Å²) in [6.45, 7) is 13.1. The zero-order valence-corrected chi connectivity index (χ0v) is 13.2. The summed E-state index contributed by atoms with van der Waals surface area (Å²) in [5, 5.41) is 0. The highest BCUT2D eigenvalue weighted by atomic mass is 15.2. The molecule has 3 heteroatoms. The highest BCUT2D eigenvalue weighted by Gasteiger charge is 2.24. The lowest BCUT2D eigenvalue weighted by Gasteiger charge is -2.22. The van der Waals surface area contributed by atoms with Crippen LogP contribution in [0.5, 0.6) is 0 Å². The molecule has 0 saturated heterocycles. The van der Waals surface area contributed by atoms with Crippen LogP contribution in [-0.4, -0.2) is 17.7 Å². The van der Waals surface area contributed by atoms with Gasteiger partial charge in [0.25, 0.3) is 0 Å². The lowest BCUT2D eigenvalue weighted by Crippen LogP contribution is -2.18. The van der Waals surface area contributed by atoms with Crippen molar-refractivity contribution in [2.45, 2.75) is 20.3 Å². The van der Waals surface area contributed by atoms with Crippen molar-refractivity contribution in [3.8, 4) is 0 Å². The van der Waals surface area contributed by atoms with Crippen molar-refractivity contribution < 1.29 is 0 Å². The molecule has 0 atom stereocenters. The minimum Gasteiger partial charge on any atom is -0.352 e. The van der Waals surface area contributed by atoms with E-state index in [2.05, 4.69) is 53.2 Å². The van der Waals surface area contributed by atoms with E-state index in [0.29, 0.717) is 0 Å². The molecule has 0 amide bonds. The molecule has 3 nitrogen and oxygen atoms in total. The average Bonchev–Trinajstić information content (AvgIpc) is 3.10. The van der Waals surface area contributed by atoms with Crippen molar-refractivity contribution in [1.29, 1.82) is 0 Å². The van der Waals surface area contributed by atoms with E-state index in [1.54, 1.807) is 12.3 Å². The van der Waals surface area contributed by atoms with E-state index in [1.165, 1.54) is 16.8 Å². The summed E-state index contributed by atoms with van der Waals surface area (Å²) in [4.78, 5) is 10.1. The van der Waals surface area contributed by atoms with Gasteiger partial charge in [0.1, 0.15) is 0 Å². The van der Waals surface area contributed by atoms with Gasteiger partial charge in [-0.3, -0.25) is 4.99 Å². The number of nitrogens with one attached hydrogen (secondary N) is 1. The number of benzene rings is 1. The number of H-pyrrole nitrogens is 1. The summed E-state index contributed by atoms with van der Waals surface area (Å²) in [6.07, 6.45) is 4.65. The molecule has 0 aliphatic carbocycles. The first kappa shape index (κ1) is 14.4. The molecule has 22 heavy (non-hydrogen) atoms. The molecule has 1 N–H and O–H groups in total. The van der Waals surface area contributed by atoms with Gasteiger partial charge in [0, 0.05) is 24.1 Å². The fraction of sp³-hybridized carbons (Fsp3) is 0.211. The number of rotatable bonds is 4. The number of nitrogens with zero attached hydrogens (tertiary/aromatic N) is 2. The van der Waals surface area contributed by atoms with Gasteiger partial charge in [-0.1, -0.05) is 30.9 Å². The maximum atomic E-state index is 4.45. The Bertz CT molecular complexity index is 765. The molecular formula is C19H21N3. The molecule has 1 aromatic heterocycles. The van der Waals surface area contributed by atoms with Crippen LogP contribution in [0.2, 0.25) is 0 Å². The van der Waals surface area contributed by atoms with Crippen molar-refractivity contribution in [2.75, 3.05) is 11.4 Å². The third kappa shape index (κ3) is 2.39. The molecule has 3 rings (SSSR count). The van der Waals surface area contributed by atoms with Crippen LogP contribution in [0.3, 0.4) is 0 Å². The van der Waals surface area contributed by atoms with Gasteiger partial charge >= 0.3 is 0 Å². The molecule has 2 aromatic rings. The van der Waals surface area contributed by atoms with E-state index >= 15 is 0 Å². The Kier molecular flexibility index (Phi) is 3.72. The fourth-order valence-corrected chi connectivity index (χ4v) is 2.98. The highest BCUT2D eigenvalue weighted by Crippen LogP contribution is 2.37. The molecule has 0 radical (unpaired) electrons.